The van der Waals surface area contributed by atoms with Gasteiger partial charge in [-0.1, -0.05) is 28.1 Å². The number of hydrogen-bond acceptors (Lipinski definition) is 12. The van der Waals surface area contributed by atoms with Crippen LogP contribution in [0.4, 0.5) is 10.8 Å². The number of thiazole rings is 1. The number of pyridine rings is 1. The van der Waals surface area contributed by atoms with Crippen molar-refractivity contribution >= 4 is 75.0 Å². The lowest BCUT2D eigenvalue weighted by Crippen LogP contribution is -2.71. The number of oxime groups is 1. The van der Waals surface area contributed by atoms with E-state index in [1.165, 1.54) is 18.7 Å². The smallest absolute Gasteiger partial charge is 0.352 e. The summed E-state index contributed by atoms with van der Waals surface area (Å²) in [4.78, 5) is 59.9. The van der Waals surface area contributed by atoms with Crippen LogP contribution in [-0.4, -0.2) is 93.0 Å². The van der Waals surface area contributed by atoms with Crippen LogP contribution in [-0.2, 0) is 30.6 Å². The largest absolute Gasteiger partial charge is 0.478 e. The molecule has 1 saturated heterocycles. The molecule has 18 heteroatoms. The van der Waals surface area contributed by atoms with E-state index in [1.54, 1.807) is 6.20 Å². The van der Waals surface area contributed by atoms with E-state index in [9.17, 15) is 24.3 Å². The van der Waals surface area contributed by atoms with Crippen molar-refractivity contribution in [1.29, 1.82) is 0 Å². The first-order valence-corrected chi connectivity index (χ1v) is 14.7. The molecule has 2 aliphatic heterocycles. The first-order valence-electron chi connectivity index (χ1n) is 12.5. The Bertz CT molecular complexity index is 1470. The van der Waals surface area contributed by atoms with Crippen molar-refractivity contribution in [1.82, 2.24) is 20.5 Å². The van der Waals surface area contributed by atoms with Gasteiger partial charge in [0.25, 0.3) is 11.8 Å². The van der Waals surface area contributed by atoms with Crippen molar-refractivity contribution in [2.24, 2.45) is 5.16 Å². The van der Waals surface area contributed by atoms with Gasteiger partial charge in [-0.25, -0.2) is 14.6 Å². The number of nitrogens with zero attached hydrogens (tertiary/aromatic N) is 4. The van der Waals surface area contributed by atoms with Gasteiger partial charge in [-0.05, 0) is 20.0 Å². The molecule has 4 rings (SSSR count). The first kappa shape index (κ1) is 31.0. The second-order valence-electron chi connectivity index (χ2n) is 9.11. The van der Waals surface area contributed by atoms with E-state index in [1.807, 2.05) is 29.9 Å². The van der Waals surface area contributed by atoms with E-state index in [0.29, 0.717) is 17.9 Å². The highest BCUT2D eigenvalue weighted by Crippen LogP contribution is 2.40. The average molecular weight is 640 g/mol. The lowest BCUT2D eigenvalue weighted by Gasteiger charge is -2.49. The molecule has 2 amide bonds. The van der Waals surface area contributed by atoms with Crippen LogP contribution in [0.5, 0.6) is 0 Å². The highest BCUT2D eigenvalue weighted by atomic mass is 35.5. The number of rotatable bonds is 13. The second-order valence-corrected chi connectivity index (χ2v) is 11.9. The Labute approximate surface area is 252 Å². The van der Waals surface area contributed by atoms with Crippen LogP contribution in [0.3, 0.4) is 0 Å². The maximum Gasteiger partial charge on any atom is 0.352 e. The summed E-state index contributed by atoms with van der Waals surface area (Å²) in [6.07, 6.45) is 2.25. The Hall–Kier alpha value is -3.93. The summed E-state index contributed by atoms with van der Waals surface area (Å²) in [5.74, 6) is -3.86. The molecule has 15 nitrogen and oxygen atoms in total. The lowest BCUT2D eigenvalue weighted by molar-refractivity contribution is -0.688. The van der Waals surface area contributed by atoms with Gasteiger partial charge < -0.3 is 36.7 Å². The van der Waals surface area contributed by atoms with Gasteiger partial charge in [0.05, 0.1) is 5.69 Å². The number of carboxylic acid groups (broad SMARTS) is 2. The Morgan fingerprint density at radius 1 is 1.36 bits per heavy atom. The summed E-state index contributed by atoms with van der Waals surface area (Å²) in [5.41, 5.74) is 6.30. The summed E-state index contributed by atoms with van der Waals surface area (Å²) < 4.78 is 1.83. The number of aliphatic carboxylic acids is 2. The molecule has 2 aromatic rings. The molecule has 1 fully saturated rings. The fourth-order valence-corrected chi connectivity index (χ4v) is 6.39. The van der Waals surface area contributed by atoms with Crippen molar-refractivity contribution < 1.29 is 38.8 Å². The van der Waals surface area contributed by atoms with E-state index in [-0.39, 0.29) is 27.4 Å². The molecule has 0 saturated carbocycles. The lowest BCUT2D eigenvalue weighted by atomic mass is 10.0. The highest BCUT2D eigenvalue weighted by Gasteiger charge is 2.55. The Morgan fingerprint density at radius 3 is 2.76 bits per heavy atom. The minimum atomic E-state index is -1.40. The molecule has 224 valence electrons. The molecule has 2 aromatic heterocycles. The predicted molar refractivity (Wildman–Crippen MR) is 155 cm³/mol. The second kappa shape index (κ2) is 13.4. The van der Waals surface area contributed by atoms with Gasteiger partial charge in [-0.15, -0.1) is 11.8 Å². The van der Waals surface area contributed by atoms with Gasteiger partial charge in [0, 0.05) is 30.5 Å². The molecular weight excluding hydrogens is 612 g/mol. The van der Waals surface area contributed by atoms with E-state index >= 15 is 0 Å². The van der Waals surface area contributed by atoms with Gasteiger partial charge in [0.2, 0.25) is 6.10 Å². The number of anilines is 2. The van der Waals surface area contributed by atoms with Crippen molar-refractivity contribution in [3.8, 4) is 0 Å². The number of carboxylic acids is 2. The SMILES string of the molecule is CNCCNc1ccc[n+](CC2=C(C(=O)O)N3C(=O)[C@@H](NC(=O)/C(=N\O[C@@H](C)C(=O)O)c4nc(N)sc4Cl)[C@H]3SC2)c1. The van der Waals surface area contributed by atoms with Crippen molar-refractivity contribution in [2.75, 3.05) is 36.9 Å². The van der Waals surface area contributed by atoms with Crippen LogP contribution in [0.15, 0.2) is 41.0 Å². The standard InChI is InChI=1S/C24H27ClN8O7S2/c1-11(22(36)37)40-31-15(14-18(25)42-24(26)30-14)19(34)29-16-20(35)33-17(23(38)39)12(10-41-21(16)33)8-32-7-3-4-13(9-32)28-6-5-27-2/h3-4,7,9,11,16,21,27-28H,5-6,8,10H2,1-2H3,(H4-,26,29,30,34,36,37,38,39)/p+1/b31-15-/t11-,16+,21+/m0/s1. The normalized spacial score (nSPS) is 19.1. The minimum Gasteiger partial charge on any atom is -0.478 e. The molecule has 0 aliphatic carbocycles. The predicted octanol–water partition coefficient (Wildman–Crippen LogP) is -0.0699. The quantitative estimate of drug-likeness (QED) is 0.0559. The summed E-state index contributed by atoms with van der Waals surface area (Å²) in [5, 5.41) is 30.9. The Kier molecular flexibility index (Phi) is 9.87. The third kappa shape index (κ3) is 6.75. The average Bonchev–Trinajstić information content (AvgIpc) is 3.28. The Balaban J connectivity index is 1.52. The summed E-state index contributed by atoms with van der Waals surface area (Å²) >= 11 is 8.31. The van der Waals surface area contributed by atoms with Gasteiger partial charge >= 0.3 is 11.9 Å². The molecule has 0 unspecified atom stereocenters. The number of likely N-dealkylation sites (N-methyl/N-ethyl adjacent to an activating group) is 1. The van der Waals surface area contributed by atoms with E-state index in [4.69, 9.17) is 27.3 Å². The van der Waals surface area contributed by atoms with Gasteiger partial charge in [0.1, 0.15) is 27.1 Å². The van der Waals surface area contributed by atoms with Crippen molar-refractivity contribution in [2.45, 2.75) is 31.0 Å². The number of halogens is 1. The van der Waals surface area contributed by atoms with Crippen LogP contribution in [0, 0.1) is 0 Å². The number of carbonyl (C=O) groups is 4. The molecular formula is C24H28ClN8O7S2+. The number of fused-ring (bicyclic) bond motifs is 1. The van der Waals surface area contributed by atoms with Crippen LogP contribution in [0.1, 0.15) is 12.6 Å². The molecule has 3 atom stereocenters. The number of amides is 2. The number of hydrogen-bond donors (Lipinski definition) is 6. The number of nitrogen functional groups attached to an aromatic ring is 1. The third-order valence-corrected chi connectivity index (χ3v) is 8.59. The summed E-state index contributed by atoms with van der Waals surface area (Å²) in [7, 11) is 1.85. The molecule has 0 aromatic carbocycles. The van der Waals surface area contributed by atoms with Gasteiger partial charge in [-0.2, -0.15) is 4.57 Å². The Morgan fingerprint density at radius 2 is 2.12 bits per heavy atom. The number of aromatic nitrogens is 2. The van der Waals surface area contributed by atoms with Crippen LogP contribution < -0.4 is 26.3 Å². The van der Waals surface area contributed by atoms with Gasteiger partial charge in [0.15, 0.2) is 29.8 Å². The first-order chi connectivity index (χ1) is 20.0. The van der Waals surface area contributed by atoms with Crippen LogP contribution >= 0.6 is 34.7 Å². The summed E-state index contributed by atoms with van der Waals surface area (Å²) in [6, 6.07) is 2.64. The number of β-lactam (4-membered cyclic amide) rings is 1. The number of carbonyl (C=O) groups excluding carboxylic acids is 2. The molecule has 0 radical (unpaired) electrons. The molecule has 7 N–H and O–H groups in total. The number of nitrogens with two attached hydrogens (primary N) is 1. The van der Waals surface area contributed by atoms with Crippen LogP contribution in [0.2, 0.25) is 4.34 Å². The topological polar surface area (TPSA) is 212 Å². The highest BCUT2D eigenvalue weighted by molar-refractivity contribution is 8.00. The fourth-order valence-electron chi connectivity index (χ4n) is 4.12. The molecule has 4 heterocycles. The molecule has 42 heavy (non-hydrogen) atoms. The summed E-state index contributed by atoms with van der Waals surface area (Å²) in [6.45, 7) is 2.92. The van der Waals surface area contributed by atoms with Crippen LogP contribution in [0.25, 0.3) is 0 Å². The van der Waals surface area contributed by atoms with Crippen molar-refractivity contribution in [3.05, 3.63) is 45.8 Å². The molecule has 2 aliphatic rings. The maximum atomic E-state index is 13.2. The zero-order chi connectivity index (χ0) is 30.6. The number of nitrogens with one attached hydrogen (secondary N) is 3. The number of thioether (sulfide) groups is 1. The zero-order valence-corrected chi connectivity index (χ0v) is 24.8. The van der Waals surface area contributed by atoms with Crippen molar-refractivity contribution in [3.63, 3.8) is 0 Å². The van der Waals surface area contributed by atoms with E-state index < -0.39 is 47.0 Å². The third-order valence-electron chi connectivity index (χ3n) is 6.16. The van der Waals surface area contributed by atoms with E-state index in [2.05, 4.69) is 26.1 Å². The minimum absolute atomic E-state index is 0.00104. The molecule has 0 spiro atoms. The van der Waals surface area contributed by atoms with E-state index in [0.717, 1.165) is 28.5 Å². The molecule has 0 bridgehead atoms. The zero-order valence-electron chi connectivity index (χ0n) is 22.4. The maximum absolute atomic E-state index is 13.2. The van der Waals surface area contributed by atoms with Gasteiger partial charge in [-0.3, -0.25) is 14.5 Å². The fraction of sp³-hybridized carbons (Fsp3) is 0.375. The monoisotopic (exact) mass is 639 g/mol.